The molecule has 1 aromatic rings. The number of aryl methyl sites for hydroxylation is 1. The first-order valence-corrected chi connectivity index (χ1v) is 8.08. The summed E-state index contributed by atoms with van der Waals surface area (Å²) in [5, 5.41) is 12.0. The van der Waals surface area contributed by atoms with Gasteiger partial charge in [0.1, 0.15) is 6.04 Å². The van der Waals surface area contributed by atoms with Crippen molar-refractivity contribution in [3.63, 3.8) is 0 Å². The quantitative estimate of drug-likeness (QED) is 0.794. The summed E-state index contributed by atoms with van der Waals surface area (Å²) in [5.41, 5.74) is 0.929. The molecule has 1 atom stereocenters. The Hall–Kier alpha value is -1.44. The van der Waals surface area contributed by atoms with E-state index in [4.69, 9.17) is 5.11 Å². The minimum Gasteiger partial charge on any atom is -0.480 e. The van der Waals surface area contributed by atoms with Gasteiger partial charge in [-0.3, -0.25) is 4.79 Å². The van der Waals surface area contributed by atoms with Crippen molar-refractivity contribution < 1.29 is 18.3 Å². The molecule has 0 bridgehead atoms. The van der Waals surface area contributed by atoms with Crippen molar-refractivity contribution >= 4 is 16.0 Å². The molecule has 1 unspecified atom stereocenters. The zero-order chi connectivity index (χ0) is 14.6. The lowest BCUT2D eigenvalue weighted by Gasteiger charge is -2.32. The van der Waals surface area contributed by atoms with E-state index in [1.54, 1.807) is 0 Å². The van der Waals surface area contributed by atoms with Gasteiger partial charge in [-0.15, -0.1) is 0 Å². The fraction of sp³-hybridized carbons (Fsp3) is 0.462. The van der Waals surface area contributed by atoms with E-state index < -0.39 is 22.0 Å². The van der Waals surface area contributed by atoms with Crippen molar-refractivity contribution in [2.75, 3.05) is 25.4 Å². The van der Waals surface area contributed by atoms with Gasteiger partial charge >= 0.3 is 5.97 Å². The number of piperazine rings is 1. The Kier molecular flexibility index (Phi) is 4.74. The molecular weight excluding hydrogens is 280 g/mol. The third-order valence-electron chi connectivity index (χ3n) is 3.33. The average molecular weight is 298 g/mol. The largest absolute Gasteiger partial charge is 0.480 e. The molecule has 1 fully saturated rings. The van der Waals surface area contributed by atoms with E-state index >= 15 is 0 Å². The molecule has 0 aliphatic carbocycles. The number of sulfonamides is 1. The molecule has 1 saturated heterocycles. The number of hydrogen-bond donors (Lipinski definition) is 2. The summed E-state index contributed by atoms with van der Waals surface area (Å²) in [7, 11) is -3.56. The first kappa shape index (κ1) is 15.0. The summed E-state index contributed by atoms with van der Waals surface area (Å²) >= 11 is 0. The van der Waals surface area contributed by atoms with Crippen LogP contribution in [-0.4, -0.2) is 55.2 Å². The van der Waals surface area contributed by atoms with Crippen molar-refractivity contribution in [3.05, 3.63) is 35.9 Å². The van der Waals surface area contributed by atoms with Gasteiger partial charge in [0.05, 0.1) is 5.75 Å². The van der Waals surface area contributed by atoms with Gasteiger partial charge in [0, 0.05) is 19.6 Å². The summed E-state index contributed by atoms with van der Waals surface area (Å²) in [4.78, 5) is 11.1. The molecule has 0 radical (unpaired) electrons. The van der Waals surface area contributed by atoms with Gasteiger partial charge in [0.2, 0.25) is 10.0 Å². The smallest absolute Gasteiger partial charge is 0.323 e. The van der Waals surface area contributed by atoms with Gasteiger partial charge in [-0.2, -0.15) is 4.31 Å². The van der Waals surface area contributed by atoms with Crippen LogP contribution in [0.5, 0.6) is 0 Å². The summed E-state index contributed by atoms with van der Waals surface area (Å²) in [6.07, 6.45) is 0.388. The molecule has 0 spiro atoms. The van der Waals surface area contributed by atoms with Gasteiger partial charge in [0.15, 0.2) is 0 Å². The molecule has 1 aliphatic heterocycles. The molecule has 1 aliphatic rings. The highest BCUT2D eigenvalue weighted by Crippen LogP contribution is 2.13. The minimum absolute atomic E-state index is 0.0687. The maximum atomic E-state index is 12.3. The van der Waals surface area contributed by atoms with Crippen LogP contribution >= 0.6 is 0 Å². The predicted molar refractivity (Wildman–Crippen MR) is 74.9 cm³/mol. The highest BCUT2D eigenvalue weighted by Gasteiger charge is 2.36. The molecule has 0 aromatic heterocycles. The summed E-state index contributed by atoms with van der Waals surface area (Å²) in [6, 6.07) is 8.29. The van der Waals surface area contributed by atoms with Crippen molar-refractivity contribution in [2.45, 2.75) is 12.5 Å². The van der Waals surface area contributed by atoms with E-state index in [1.165, 1.54) is 0 Å². The van der Waals surface area contributed by atoms with E-state index in [-0.39, 0.29) is 18.8 Å². The summed E-state index contributed by atoms with van der Waals surface area (Å²) in [5.74, 6) is -1.18. The first-order valence-electron chi connectivity index (χ1n) is 6.48. The summed E-state index contributed by atoms with van der Waals surface area (Å²) in [6.45, 7) is 0.836. The lowest BCUT2D eigenvalue weighted by molar-refractivity contribution is -0.141. The number of nitrogens with zero attached hydrogens (tertiary/aromatic N) is 1. The second kappa shape index (κ2) is 6.34. The van der Waals surface area contributed by atoms with Crippen LogP contribution in [0.2, 0.25) is 0 Å². The third-order valence-corrected chi connectivity index (χ3v) is 5.20. The number of aliphatic carboxylic acids is 1. The van der Waals surface area contributed by atoms with E-state index in [9.17, 15) is 13.2 Å². The molecule has 0 saturated carbocycles. The van der Waals surface area contributed by atoms with Crippen LogP contribution in [0.3, 0.4) is 0 Å². The Morgan fingerprint density at radius 3 is 2.70 bits per heavy atom. The van der Waals surface area contributed by atoms with Crippen LogP contribution in [0.15, 0.2) is 30.3 Å². The molecular formula is C13H18N2O4S. The SMILES string of the molecule is O=C(O)C1CNCCN1S(=O)(=O)CCc1ccccc1. The fourth-order valence-electron chi connectivity index (χ4n) is 2.24. The lowest BCUT2D eigenvalue weighted by Crippen LogP contribution is -2.57. The molecule has 2 N–H and O–H groups in total. The molecule has 6 nitrogen and oxygen atoms in total. The lowest BCUT2D eigenvalue weighted by atomic mass is 10.2. The van der Waals surface area contributed by atoms with Crippen molar-refractivity contribution in [1.29, 1.82) is 0 Å². The topological polar surface area (TPSA) is 86.7 Å². The Labute approximate surface area is 118 Å². The van der Waals surface area contributed by atoms with Crippen LogP contribution in [0.1, 0.15) is 5.56 Å². The molecule has 2 rings (SSSR count). The number of nitrogens with one attached hydrogen (secondary N) is 1. The molecule has 110 valence electrons. The number of rotatable bonds is 5. The highest BCUT2D eigenvalue weighted by atomic mass is 32.2. The third kappa shape index (κ3) is 3.56. The summed E-state index contributed by atoms with van der Waals surface area (Å²) < 4.78 is 25.7. The number of carbonyl (C=O) groups is 1. The predicted octanol–water partition coefficient (Wildman–Crippen LogP) is -0.0827. The molecule has 1 heterocycles. The van der Waals surface area contributed by atoms with Crippen molar-refractivity contribution in [2.24, 2.45) is 0 Å². The van der Waals surface area contributed by atoms with E-state index in [0.29, 0.717) is 13.0 Å². The van der Waals surface area contributed by atoms with Crippen molar-refractivity contribution in [3.8, 4) is 0 Å². The maximum absolute atomic E-state index is 12.3. The second-order valence-electron chi connectivity index (χ2n) is 4.72. The van der Waals surface area contributed by atoms with Gasteiger partial charge in [-0.1, -0.05) is 30.3 Å². The number of benzene rings is 1. The highest BCUT2D eigenvalue weighted by molar-refractivity contribution is 7.89. The van der Waals surface area contributed by atoms with Crippen LogP contribution in [-0.2, 0) is 21.2 Å². The molecule has 7 heteroatoms. The van der Waals surface area contributed by atoms with E-state index in [1.807, 2.05) is 30.3 Å². The Morgan fingerprint density at radius 2 is 2.05 bits per heavy atom. The number of hydrogen-bond acceptors (Lipinski definition) is 4. The van der Waals surface area contributed by atoms with Crippen LogP contribution in [0.25, 0.3) is 0 Å². The number of carboxylic acids is 1. The first-order chi connectivity index (χ1) is 9.50. The molecule has 1 aromatic carbocycles. The minimum atomic E-state index is -3.56. The van der Waals surface area contributed by atoms with E-state index in [2.05, 4.69) is 5.32 Å². The Balaban J connectivity index is 2.06. The van der Waals surface area contributed by atoms with Gasteiger partial charge in [-0.25, -0.2) is 8.42 Å². The van der Waals surface area contributed by atoms with Gasteiger partial charge < -0.3 is 10.4 Å². The van der Waals surface area contributed by atoms with Gasteiger partial charge in [0.25, 0.3) is 0 Å². The average Bonchev–Trinajstić information content (AvgIpc) is 2.46. The normalized spacial score (nSPS) is 20.7. The van der Waals surface area contributed by atoms with E-state index in [0.717, 1.165) is 9.87 Å². The van der Waals surface area contributed by atoms with Crippen LogP contribution in [0.4, 0.5) is 0 Å². The zero-order valence-corrected chi connectivity index (χ0v) is 11.8. The zero-order valence-electron chi connectivity index (χ0n) is 11.0. The maximum Gasteiger partial charge on any atom is 0.323 e. The number of carboxylic acid groups (broad SMARTS) is 1. The second-order valence-corrected chi connectivity index (χ2v) is 6.76. The van der Waals surface area contributed by atoms with Crippen LogP contribution < -0.4 is 5.32 Å². The molecule has 0 amide bonds. The fourth-order valence-corrected chi connectivity index (χ4v) is 3.89. The standard InChI is InChI=1S/C13H18N2O4S/c16-13(17)12-10-14-7-8-15(12)20(18,19)9-6-11-4-2-1-3-5-11/h1-5,12,14H,6-10H2,(H,16,17). The Bertz CT molecular complexity index is 559. The Morgan fingerprint density at radius 1 is 1.35 bits per heavy atom. The monoisotopic (exact) mass is 298 g/mol. The van der Waals surface area contributed by atoms with Crippen molar-refractivity contribution in [1.82, 2.24) is 9.62 Å². The van der Waals surface area contributed by atoms with Gasteiger partial charge in [-0.05, 0) is 12.0 Å². The van der Waals surface area contributed by atoms with Crippen LogP contribution in [0, 0.1) is 0 Å². The molecule has 20 heavy (non-hydrogen) atoms.